The molecule has 2 aromatic heterocycles. The molecule has 1 aliphatic heterocycles. The Morgan fingerprint density at radius 3 is 2.61 bits per heavy atom. The van der Waals surface area contributed by atoms with E-state index < -0.39 is 23.5 Å². The molecule has 0 unspecified atom stereocenters. The normalized spacial score (nSPS) is 16.0. The van der Waals surface area contributed by atoms with Gasteiger partial charge in [-0.05, 0) is 48.0 Å². The van der Waals surface area contributed by atoms with Crippen LogP contribution in [0.15, 0.2) is 76.6 Å². The summed E-state index contributed by atoms with van der Waals surface area (Å²) in [7, 11) is 3.10. The van der Waals surface area contributed by atoms with Gasteiger partial charge in [-0.1, -0.05) is 23.5 Å². The second kappa shape index (κ2) is 8.10. The minimum Gasteiger partial charge on any atom is -0.503 e. The van der Waals surface area contributed by atoms with E-state index in [4.69, 9.17) is 13.9 Å². The van der Waals surface area contributed by atoms with E-state index in [1.807, 2.05) is 6.07 Å². The minimum atomic E-state index is -0.923. The quantitative estimate of drug-likeness (QED) is 0.415. The van der Waals surface area contributed by atoms with Gasteiger partial charge in [0.1, 0.15) is 11.5 Å². The van der Waals surface area contributed by atoms with Gasteiger partial charge in [0.15, 0.2) is 16.7 Å². The molecule has 0 fully saturated rings. The monoisotopic (exact) mass is 462 g/mol. The van der Waals surface area contributed by atoms with E-state index in [2.05, 4.69) is 4.98 Å². The molecule has 1 aliphatic rings. The Hall–Kier alpha value is -4.11. The van der Waals surface area contributed by atoms with Crippen molar-refractivity contribution in [2.45, 2.75) is 6.04 Å². The highest BCUT2D eigenvalue weighted by molar-refractivity contribution is 7.22. The molecule has 4 aromatic rings. The Labute approximate surface area is 192 Å². The summed E-state index contributed by atoms with van der Waals surface area (Å²) < 4.78 is 16.7. The van der Waals surface area contributed by atoms with E-state index in [9.17, 15) is 14.7 Å². The van der Waals surface area contributed by atoms with Crippen molar-refractivity contribution in [3.8, 4) is 11.5 Å². The van der Waals surface area contributed by atoms with Gasteiger partial charge in [0, 0.05) is 0 Å². The van der Waals surface area contributed by atoms with E-state index in [1.165, 1.54) is 35.7 Å². The second-order valence-corrected chi connectivity index (χ2v) is 8.26. The van der Waals surface area contributed by atoms with Crippen LogP contribution in [0.1, 0.15) is 22.2 Å². The van der Waals surface area contributed by atoms with Crippen molar-refractivity contribution in [3.05, 3.63) is 83.5 Å². The number of ketones is 1. The van der Waals surface area contributed by atoms with Crippen LogP contribution in [-0.4, -0.2) is 36.0 Å². The summed E-state index contributed by atoms with van der Waals surface area (Å²) >= 11 is 1.26. The minimum absolute atomic E-state index is 0.0214. The number of hydrogen-bond acceptors (Lipinski definition) is 8. The molecule has 8 nitrogen and oxygen atoms in total. The Morgan fingerprint density at radius 1 is 1.09 bits per heavy atom. The van der Waals surface area contributed by atoms with Crippen molar-refractivity contribution in [3.63, 3.8) is 0 Å². The third kappa shape index (κ3) is 3.42. The predicted octanol–water partition coefficient (Wildman–Crippen LogP) is 4.69. The lowest BCUT2D eigenvalue weighted by Crippen LogP contribution is -2.31. The number of nitrogens with zero attached hydrogens (tertiary/aromatic N) is 2. The number of carbonyl (C=O) groups excluding carboxylic acids is 2. The number of Topliss-reactive ketones (excluding diaryl/α,β-unsaturated/α-hetero) is 1. The third-order valence-electron chi connectivity index (χ3n) is 5.40. The molecular formula is C24H18N2O6S. The van der Waals surface area contributed by atoms with Gasteiger partial charge in [0.05, 0.1) is 42.3 Å². The van der Waals surface area contributed by atoms with E-state index in [1.54, 1.807) is 49.6 Å². The summed E-state index contributed by atoms with van der Waals surface area (Å²) in [5, 5.41) is 11.2. The van der Waals surface area contributed by atoms with Gasteiger partial charge >= 0.3 is 0 Å². The van der Waals surface area contributed by atoms with E-state index >= 15 is 0 Å². The summed E-state index contributed by atoms with van der Waals surface area (Å²) in [4.78, 5) is 32.5. The first-order valence-corrected chi connectivity index (χ1v) is 10.8. The summed E-state index contributed by atoms with van der Waals surface area (Å²) in [6.07, 6.45) is 1.36. The number of aromatic nitrogens is 1. The van der Waals surface area contributed by atoms with Crippen LogP contribution in [-0.2, 0) is 4.79 Å². The van der Waals surface area contributed by atoms with Gasteiger partial charge in [-0.15, -0.1) is 0 Å². The number of carbonyl (C=O) groups is 2. The maximum Gasteiger partial charge on any atom is 0.296 e. The average molecular weight is 462 g/mol. The summed E-state index contributed by atoms with van der Waals surface area (Å²) in [5.74, 6) is -0.712. The van der Waals surface area contributed by atoms with Gasteiger partial charge in [0.2, 0.25) is 5.78 Å². The lowest BCUT2D eigenvalue weighted by molar-refractivity contribution is -0.117. The van der Waals surface area contributed by atoms with Crippen molar-refractivity contribution < 1.29 is 28.6 Å². The number of furan rings is 1. The van der Waals surface area contributed by atoms with Crippen LogP contribution in [0.5, 0.6) is 11.5 Å². The molecule has 0 bridgehead atoms. The zero-order valence-corrected chi connectivity index (χ0v) is 18.5. The molecule has 33 heavy (non-hydrogen) atoms. The van der Waals surface area contributed by atoms with Gasteiger partial charge < -0.3 is 19.0 Å². The van der Waals surface area contributed by atoms with Crippen molar-refractivity contribution in [2.75, 3.05) is 19.1 Å². The number of fused-ring (bicyclic) bond motifs is 1. The summed E-state index contributed by atoms with van der Waals surface area (Å²) in [5.41, 5.74) is 1.16. The highest BCUT2D eigenvalue weighted by Gasteiger charge is 2.46. The average Bonchev–Trinajstić information content (AvgIpc) is 3.57. The molecule has 1 N–H and O–H groups in total. The van der Waals surface area contributed by atoms with Crippen molar-refractivity contribution in [1.82, 2.24) is 4.98 Å². The van der Waals surface area contributed by atoms with E-state index in [0.29, 0.717) is 27.7 Å². The van der Waals surface area contributed by atoms with Crippen molar-refractivity contribution >= 4 is 38.4 Å². The zero-order chi connectivity index (χ0) is 23.1. The maximum atomic E-state index is 13.3. The molecule has 1 atom stereocenters. The molecule has 0 saturated carbocycles. The fraction of sp³-hybridized carbons (Fsp3) is 0.125. The molecule has 1 amide bonds. The first-order valence-electron chi connectivity index (χ1n) is 9.95. The zero-order valence-electron chi connectivity index (χ0n) is 17.6. The first-order chi connectivity index (χ1) is 16.0. The van der Waals surface area contributed by atoms with Crippen molar-refractivity contribution in [2.24, 2.45) is 0 Å². The highest BCUT2D eigenvalue weighted by atomic mass is 32.1. The number of methoxy groups -OCH3 is 2. The molecule has 0 saturated heterocycles. The Morgan fingerprint density at radius 2 is 1.88 bits per heavy atom. The Balaban J connectivity index is 1.68. The number of rotatable bonds is 6. The van der Waals surface area contributed by atoms with Crippen LogP contribution in [0.25, 0.3) is 10.2 Å². The smallest absolute Gasteiger partial charge is 0.296 e. The van der Waals surface area contributed by atoms with Crippen LogP contribution in [0, 0.1) is 0 Å². The Kier molecular flexibility index (Phi) is 5.10. The molecule has 2 aromatic carbocycles. The SMILES string of the molecule is COc1cccc([C@@H]2C(C(=O)c3ccco3)=C(O)C(=O)N2c2nc3ccc(OC)cc3s2)c1. The fourth-order valence-corrected chi connectivity index (χ4v) is 4.85. The Bertz CT molecular complexity index is 1410. The number of amides is 1. The second-order valence-electron chi connectivity index (χ2n) is 7.25. The predicted molar refractivity (Wildman–Crippen MR) is 122 cm³/mol. The van der Waals surface area contributed by atoms with Gasteiger partial charge in [-0.3, -0.25) is 14.5 Å². The van der Waals surface area contributed by atoms with Crippen LogP contribution in [0.3, 0.4) is 0 Å². The molecule has 3 heterocycles. The molecule has 5 rings (SSSR count). The van der Waals surface area contributed by atoms with E-state index in [-0.39, 0.29) is 11.3 Å². The fourth-order valence-electron chi connectivity index (χ4n) is 3.82. The molecular weight excluding hydrogens is 444 g/mol. The van der Waals surface area contributed by atoms with Crippen LogP contribution >= 0.6 is 11.3 Å². The lowest BCUT2D eigenvalue weighted by Gasteiger charge is -2.24. The molecule has 0 radical (unpaired) electrons. The topological polar surface area (TPSA) is 102 Å². The number of benzene rings is 2. The van der Waals surface area contributed by atoms with Gasteiger partial charge in [-0.25, -0.2) is 4.98 Å². The summed E-state index contributed by atoms with van der Waals surface area (Å²) in [6.45, 7) is 0. The summed E-state index contributed by atoms with van der Waals surface area (Å²) in [6, 6.07) is 14.5. The number of aliphatic hydroxyl groups excluding tert-OH is 1. The number of anilines is 1. The van der Waals surface area contributed by atoms with Crippen molar-refractivity contribution in [1.29, 1.82) is 0 Å². The number of hydrogen-bond donors (Lipinski definition) is 1. The third-order valence-corrected chi connectivity index (χ3v) is 6.42. The molecule has 0 spiro atoms. The molecule has 0 aliphatic carbocycles. The first kappa shape index (κ1) is 20.8. The number of aliphatic hydroxyl groups is 1. The molecule has 9 heteroatoms. The van der Waals surface area contributed by atoms with Crippen LogP contribution < -0.4 is 14.4 Å². The van der Waals surface area contributed by atoms with E-state index in [0.717, 1.165) is 4.70 Å². The lowest BCUT2D eigenvalue weighted by atomic mass is 9.95. The van der Waals surface area contributed by atoms with Gasteiger partial charge in [0.25, 0.3) is 5.91 Å². The largest absolute Gasteiger partial charge is 0.503 e. The van der Waals surface area contributed by atoms with Gasteiger partial charge in [-0.2, -0.15) is 0 Å². The van der Waals surface area contributed by atoms with Crippen LogP contribution in [0.4, 0.5) is 5.13 Å². The highest BCUT2D eigenvalue weighted by Crippen LogP contribution is 2.45. The molecule has 166 valence electrons. The number of ether oxygens (including phenoxy) is 2. The standard InChI is InChI=1S/C24H18N2O6S/c1-30-14-6-3-5-13(11-14)20-19(21(27)17-7-4-10-32-17)22(28)23(29)26(20)24-25-16-9-8-15(31-2)12-18(16)33-24/h3-12,20,28H,1-2H3/t20-/m1/s1. The maximum absolute atomic E-state index is 13.3. The number of thiazole rings is 1. The van der Waals surface area contributed by atoms with Crippen LogP contribution in [0.2, 0.25) is 0 Å².